The molecule has 0 saturated carbocycles. The summed E-state index contributed by atoms with van der Waals surface area (Å²) < 4.78 is 29.1. The summed E-state index contributed by atoms with van der Waals surface area (Å²) in [7, 11) is -3.48. The van der Waals surface area contributed by atoms with Crippen molar-refractivity contribution in [3.05, 3.63) is 72.8 Å². The minimum absolute atomic E-state index is 0.0327. The summed E-state index contributed by atoms with van der Waals surface area (Å²) in [6.07, 6.45) is 8.23. The van der Waals surface area contributed by atoms with E-state index in [1.807, 2.05) is 42.0 Å². The first-order chi connectivity index (χ1) is 16.3. The summed E-state index contributed by atoms with van der Waals surface area (Å²) in [5.41, 5.74) is 2.65. The first kappa shape index (κ1) is 24.1. The summed E-state index contributed by atoms with van der Waals surface area (Å²) in [6, 6.07) is 14.0. The van der Waals surface area contributed by atoms with Crippen LogP contribution in [0.5, 0.6) is 0 Å². The number of hydrogen-bond donors (Lipinski definition) is 2. The van der Waals surface area contributed by atoms with E-state index in [0.717, 1.165) is 30.5 Å². The molecule has 0 aliphatic carbocycles. The summed E-state index contributed by atoms with van der Waals surface area (Å²) in [4.78, 5) is 17.0. The highest BCUT2D eigenvalue weighted by Gasteiger charge is 2.26. The summed E-state index contributed by atoms with van der Waals surface area (Å²) in [6.45, 7) is 4.94. The molecule has 0 radical (unpaired) electrons. The second kappa shape index (κ2) is 10.5. The van der Waals surface area contributed by atoms with Crippen molar-refractivity contribution in [3.63, 3.8) is 0 Å². The average molecular weight is 482 g/mol. The molecule has 8 nitrogen and oxygen atoms in total. The smallest absolute Gasteiger partial charge is 0.243 e. The van der Waals surface area contributed by atoms with E-state index in [1.165, 1.54) is 0 Å². The van der Waals surface area contributed by atoms with Crippen molar-refractivity contribution in [2.45, 2.75) is 50.1 Å². The number of sulfonamides is 1. The normalized spacial score (nSPS) is 16.6. The molecule has 180 valence electrons. The van der Waals surface area contributed by atoms with Gasteiger partial charge in [0.15, 0.2) is 0 Å². The molecular formula is C25H31N5O3S. The molecule has 1 aliphatic rings. The van der Waals surface area contributed by atoms with Crippen LogP contribution in [0.1, 0.15) is 44.7 Å². The third-order valence-corrected chi connectivity index (χ3v) is 8.08. The lowest BCUT2D eigenvalue weighted by Gasteiger charge is -2.26. The van der Waals surface area contributed by atoms with Gasteiger partial charge < -0.3 is 9.88 Å². The van der Waals surface area contributed by atoms with E-state index >= 15 is 0 Å². The predicted octanol–water partition coefficient (Wildman–Crippen LogP) is 3.72. The van der Waals surface area contributed by atoms with Gasteiger partial charge in [-0.1, -0.05) is 18.6 Å². The molecular weight excluding hydrogens is 450 g/mol. The molecule has 9 heteroatoms. The molecule has 0 unspecified atom stereocenters. The zero-order valence-corrected chi connectivity index (χ0v) is 20.3. The maximum absolute atomic E-state index is 12.8. The minimum Gasteiger partial charge on any atom is -0.325 e. The van der Waals surface area contributed by atoms with Gasteiger partial charge in [0.25, 0.3) is 0 Å². The number of carbonyl (C=O) groups excluding carboxylic acids is 1. The molecule has 1 aliphatic heterocycles. The van der Waals surface area contributed by atoms with Gasteiger partial charge in [0.05, 0.1) is 17.3 Å². The zero-order chi connectivity index (χ0) is 24.1. The fourth-order valence-corrected chi connectivity index (χ4v) is 5.63. The van der Waals surface area contributed by atoms with Crippen molar-refractivity contribution < 1.29 is 13.2 Å². The van der Waals surface area contributed by atoms with Gasteiger partial charge in [-0.2, -0.15) is 4.31 Å². The van der Waals surface area contributed by atoms with Crippen LogP contribution in [0.15, 0.2) is 72.1 Å². The van der Waals surface area contributed by atoms with Gasteiger partial charge in [0.1, 0.15) is 0 Å². The maximum Gasteiger partial charge on any atom is 0.243 e. The first-order valence-electron chi connectivity index (χ1n) is 11.6. The van der Waals surface area contributed by atoms with Crippen molar-refractivity contribution in [1.82, 2.24) is 19.2 Å². The molecule has 4 rings (SSSR count). The van der Waals surface area contributed by atoms with E-state index in [4.69, 9.17) is 0 Å². The number of nitrogens with zero attached hydrogens (tertiary/aromatic N) is 3. The Bertz CT molecular complexity index is 1190. The number of rotatable bonds is 8. The second-order valence-electron chi connectivity index (χ2n) is 8.65. The number of benzene rings is 2. The van der Waals surface area contributed by atoms with E-state index in [-0.39, 0.29) is 16.8 Å². The number of hydrogen-bond acceptors (Lipinski definition) is 5. The molecule has 0 bridgehead atoms. The Morgan fingerprint density at radius 1 is 0.971 bits per heavy atom. The van der Waals surface area contributed by atoms with Crippen molar-refractivity contribution in [2.75, 3.05) is 18.4 Å². The third kappa shape index (κ3) is 5.55. The number of nitrogens with one attached hydrogen (secondary N) is 2. The molecule has 1 saturated heterocycles. The molecule has 0 spiro atoms. The number of anilines is 1. The van der Waals surface area contributed by atoms with Crippen LogP contribution in [0, 0.1) is 0 Å². The van der Waals surface area contributed by atoms with E-state index in [0.29, 0.717) is 18.8 Å². The Labute approximate surface area is 201 Å². The van der Waals surface area contributed by atoms with Crippen LogP contribution >= 0.6 is 0 Å². The molecule has 34 heavy (non-hydrogen) atoms. The monoisotopic (exact) mass is 481 g/mol. The van der Waals surface area contributed by atoms with Crippen LogP contribution in [-0.4, -0.2) is 47.3 Å². The fraction of sp³-hybridized carbons (Fsp3) is 0.360. The molecule has 2 heterocycles. The Morgan fingerprint density at radius 3 is 2.26 bits per heavy atom. The molecule has 3 aromatic rings. The summed E-state index contributed by atoms with van der Waals surface area (Å²) in [5, 5.41) is 6.18. The SMILES string of the molecule is C[C@@H](N[C@H](C)c1ccc(-n2ccnc2)cc1)C(=O)Nc1ccc(S(=O)(=O)N2CCCCC2)cc1. The first-order valence-corrected chi connectivity index (χ1v) is 13.0. The Balaban J connectivity index is 1.33. The number of amides is 1. The quantitative estimate of drug-likeness (QED) is 0.511. The van der Waals surface area contributed by atoms with E-state index in [2.05, 4.69) is 15.6 Å². The van der Waals surface area contributed by atoms with Crippen LogP contribution in [0.25, 0.3) is 5.69 Å². The number of aromatic nitrogens is 2. The lowest BCUT2D eigenvalue weighted by Crippen LogP contribution is -2.39. The number of carbonyl (C=O) groups is 1. The van der Waals surface area contributed by atoms with Crippen molar-refractivity contribution in [2.24, 2.45) is 0 Å². The second-order valence-corrected chi connectivity index (χ2v) is 10.6. The van der Waals surface area contributed by atoms with E-state index in [9.17, 15) is 13.2 Å². The van der Waals surface area contributed by atoms with Gasteiger partial charge in [0, 0.05) is 42.9 Å². The van der Waals surface area contributed by atoms with Crippen molar-refractivity contribution in [3.8, 4) is 5.69 Å². The Morgan fingerprint density at radius 2 is 1.65 bits per heavy atom. The van der Waals surface area contributed by atoms with Gasteiger partial charge in [-0.3, -0.25) is 10.1 Å². The molecule has 1 fully saturated rings. The Hall–Kier alpha value is -3.01. The minimum atomic E-state index is -3.48. The molecule has 2 atom stereocenters. The van der Waals surface area contributed by atoms with Crippen molar-refractivity contribution >= 4 is 21.6 Å². The highest BCUT2D eigenvalue weighted by Crippen LogP contribution is 2.22. The van der Waals surface area contributed by atoms with Crippen LogP contribution in [0.3, 0.4) is 0 Å². The standard InChI is InChI=1S/C25H31N5O3S/c1-19(21-6-10-23(11-7-21)29-17-14-26-18-29)27-20(2)25(31)28-22-8-12-24(13-9-22)34(32,33)30-15-4-3-5-16-30/h6-14,17-20,27H,3-5,15-16H2,1-2H3,(H,28,31)/t19-,20-/m1/s1. The van der Waals surface area contributed by atoms with Crippen LogP contribution in [0.4, 0.5) is 5.69 Å². The van der Waals surface area contributed by atoms with Gasteiger partial charge in [0.2, 0.25) is 15.9 Å². The highest BCUT2D eigenvalue weighted by molar-refractivity contribution is 7.89. The fourth-order valence-electron chi connectivity index (χ4n) is 4.11. The van der Waals surface area contributed by atoms with Gasteiger partial charge >= 0.3 is 0 Å². The number of piperidine rings is 1. The molecule has 1 amide bonds. The topological polar surface area (TPSA) is 96.3 Å². The van der Waals surface area contributed by atoms with Gasteiger partial charge in [-0.25, -0.2) is 13.4 Å². The highest BCUT2D eigenvalue weighted by atomic mass is 32.2. The summed E-state index contributed by atoms with van der Waals surface area (Å²) in [5.74, 6) is -0.187. The van der Waals surface area contributed by atoms with Gasteiger partial charge in [-0.15, -0.1) is 0 Å². The maximum atomic E-state index is 12.8. The molecule has 2 aromatic carbocycles. The van der Waals surface area contributed by atoms with Crippen LogP contribution in [0.2, 0.25) is 0 Å². The van der Waals surface area contributed by atoms with Gasteiger partial charge in [-0.05, 0) is 68.7 Å². The van der Waals surface area contributed by atoms with Crippen LogP contribution in [-0.2, 0) is 14.8 Å². The largest absolute Gasteiger partial charge is 0.325 e. The summed E-state index contributed by atoms with van der Waals surface area (Å²) >= 11 is 0. The molecule has 2 N–H and O–H groups in total. The van der Waals surface area contributed by atoms with E-state index < -0.39 is 16.1 Å². The van der Waals surface area contributed by atoms with Crippen LogP contribution < -0.4 is 10.6 Å². The van der Waals surface area contributed by atoms with Crippen molar-refractivity contribution in [1.29, 1.82) is 0 Å². The van der Waals surface area contributed by atoms with E-state index in [1.54, 1.807) is 48.0 Å². The lowest BCUT2D eigenvalue weighted by atomic mass is 10.1. The lowest BCUT2D eigenvalue weighted by molar-refractivity contribution is -0.117. The predicted molar refractivity (Wildman–Crippen MR) is 132 cm³/mol. The zero-order valence-electron chi connectivity index (χ0n) is 19.5. The average Bonchev–Trinajstić information content (AvgIpc) is 3.40. The third-order valence-electron chi connectivity index (χ3n) is 6.16. The molecule has 1 aromatic heterocycles. The Kier molecular flexibility index (Phi) is 7.45. The number of imidazole rings is 1.